The van der Waals surface area contributed by atoms with Gasteiger partial charge in [0.2, 0.25) is 11.8 Å². The third kappa shape index (κ3) is 7.86. The van der Waals surface area contributed by atoms with Crippen LogP contribution in [0.3, 0.4) is 0 Å². The van der Waals surface area contributed by atoms with Crippen LogP contribution >= 0.6 is 22.6 Å². The van der Waals surface area contributed by atoms with E-state index in [1.807, 2.05) is 52.0 Å². The van der Waals surface area contributed by atoms with Gasteiger partial charge in [-0.2, -0.15) is 5.10 Å². The molecule has 0 unspecified atom stereocenters. The van der Waals surface area contributed by atoms with Gasteiger partial charge in [-0.25, -0.2) is 5.43 Å². The Morgan fingerprint density at radius 3 is 2.52 bits per heavy atom. The number of nitrogens with zero attached hydrogens (tertiary/aromatic N) is 1. The lowest BCUT2D eigenvalue weighted by Gasteiger charge is -2.15. The van der Waals surface area contributed by atoms with Crippen LogP contribution in [0.4, 0.5) is 5.69 Å². The predicted molar refractivity (Wildman–Crippen MR) is 131 cm³/mol. The van der Waals surface area contributed by atoms with Gasteiger partial charge >= 0.3 is 0 Å². The fourth-order valence-electron chi connectivity index (χ4n) is 2.71. The lowest BCUT2D eigenvalue weighted by molar-refractivity contribution is -0.124. The molecule has 7 nitrogen and oxygen atoms in total. The topological polar surface area (TPSA) is 89.0 Å². The van der Waals surface area contributed by atoms with Gasteiger partial charge in [-0.05, 0) is 85.2 Å². The van der Waals surface area contributed by atoms with E-state index >= 15 is 0 Å². The minimum absolute atomic E-state index is 0.0215. The van der Waals surface area contributed by atoms with Gasteiger partial charge in [-0.1, -0.05) is 12.1 Å². The predicted octanol–water partition coefficient (Wildman–Crippen LogP) is 4.57. The molecule has 0 radical (unpaired) electrons. The van der Waals surface area contributed by atoms with Crippen LogP contribution in [0, 0.1) is 17.4 Å². The number of ether oxygens (including phenoxy) is 2. The highest BCUT2D eigenvalue weighted by Gasteiger charge is 2.13. The first kappa shape index (κ1) is 24.6. The summed E-state index contributed by atoms with van der Waals surface area (Å²) in [5.74, 6) is 0.715. The van der Waals surface area contributed by atoms with E-state index in [1.165, 1.54) is 6.21 Å². The molecule has 0 spiro atoms. The number of carbonyl (C=O) groups is 2. The standard InChI is InChI=1S/C23H28IN3O4/c1-14(2)31-23-18(24)11-17(12-20(23)30-5)13-25-27-22(29)9-8-21(28)26-19-10-15(3)6-7-16(19)4/h6-7,10-14H,8-9H2,1-5H3,(H,26,28)(H,27,29). The molecule has 0 aliphatic heterocycles. The molecule has 2 amide bonds. The highest BCUT2D eigenvalue weighted by molar-refractivity contribution is 14.1. The number of anilines is 1. The van der Waals surface area contributed by atoms with Crippen molar-refractivity contribution in [1.82, 2.24) is 5.43 Å². The highest BCUT2D eigenvalue weighted by atomic mass is 127. The number of hydrogen-bond donors (Lipinski definition) is 2. The second-order valence-corrected chi connectivity index (χ2v) is 8.52. The van der Waals surface area contributed by atoms with Crippen molar-refractivity contribution in [1.29, 1.82) is 0 Å². The van der Waals surface area contributed by atoms with Gasteiger partial charge in [0.15, 0.2) is 11.5 Å². The monoisotopic (exact) mass is 537 g/mol. The van der Waals surface area contributed by atoms with Gasteiger partial charge in [0.05, 0.1) is 23.0 Å². The van der Waals surface area contributed by atoms with Crippen LogP contribution in [0.2, 0.25) is 0 Å². The normalized spacial score (nSPS) is 10.9. The lowest BCUT2D eigenvalue weighted by Crippen LogP contribution is -2.21. The second kappa shape index (κ2) is 11.7. The van der Waals surface area contributed by atoms with Crippen molar-refractivity contribution in [2.24, 2.45) is 5.10 Å². The Hall–Kier alpha value is -2.62. The van der Waals surface area contributed by atoms with Crippen molar-refractivity contribution in [3.8, 4) is 11.5 Å². The third-order valence-corrected chi connectivity index (χ3v) is 5.06. The van der Waals surface area contributed by atoms with Crippen LogP contribution in [0.5, 0.6) is 11.5 Å². The van der Waals surface area contributed by atoms with E-state index in [0.29, 0.717) is 11.5 Å². The molecule has 31 heavy (non-hydrogen) atoms. The summed E-state index contributed by atoms with van der Waals surface area (Å²) < 4.78 is 12.1. The Bertz CT molecular complexity index is 974. The van der Waals surface area contributed by atoms with E-state index in [1.54, 1.807) is 13.2 Å². The van der Waals surface area contributed by atoms with Crippen molar-refractivity contribution >= 4 is 46.3 Å². The summed E-state index contributed by atoms with van der Waals surface area (Å²) in [6.07, 6.45) is 1.66. The smallest absolute Gasteiger partial charge is 0.240 e. The molecule has 8 heteroatoms. The maximum absolute atomic E-state index is 12.1. The summed E-state index contributed by atoms with van der Waals surface area (Å²) in [7, 11) is 1.57. The van der Waals surface area contributed by atoms with Crippen LogP contribution in [-0.4, -0.2) is 31.2 Å². The Balaban J connectivity index is 1.88. The number of hydrazone groups is 1. The minimum atomic E-state index is -0.339. The van der Waals surface area contributed by atoms with Crippen LogP contribution in [0.25, 0.3) is 0 Å². The molecular weight excluding hydrogens is 509 g/mol. The quantitative estimate of drug-likeness (QED) is 0.279. The Labute approximate surface area is 196 Å². The zero-order chi connectivity index (χ0) is 23.0. The van der Waals surface area contributed by atoms with Gasteiger partial charge in [0.1, 0.15) is 0 Å². The summed E-state index contributed by atoms with van der Waals surface area (Å²) in [6.45, 7) is 7.78. The van der Waals surface area contributed by atoms with Gasteiger partial charge in [-0.3, -0.25) is 9.59 Å². The molecule has 0 aliphatic rings. The molecule has 0 saturated carbocycles. The molecule has 0 saturated heterocycles. The fourth-order valence-corrected chi connectivity index (χ4v) is 3.46. The number of amides is 2. The Morgan fingerprint density at radius 2 is 1.84 bits per heavy atom. The molecule has 2 N–H and O–H groups in total. The van der Waals surface area contributed by atoms with Gasteiger partial charge in [-0.15, -0.1) is 0 Å². The van der Waals surface area contributed by atoms with Crippen LogP contribution in [0.15, 0.2) is 35.4 Å². The molecule has 0 aromatic heterocycles. The van der Waals surface area contributed by atoms with E-state index in [2.05, 4.69) is 38.4 Å². The van der Waals surface area contributed by atoms with E-state index < -0.39 is 0 Å². The summed E-state index contributed by atoms with van der Waals surface area (Å²) in [5.41, 5.74) is 6.00. The second-order valence-electron chi connectivity index (χ2n) is 7.36. The molecule has 2 aromatic carbocycles. The molecule has 0 atom stereocenters. The van der Waals surface area contributed by atoms with Gasteiger partial charge in [0, 0.05) is 18.5 Å². The Kier molecular flexibility index (Phi) is 9.29. The zero-order valence-corrected chi connectivity index (χ0v) is 20.6. The van der Waals surface area contributed by atoms with E-state index in [4.69, 9.17) is 9.47 Å². The van der Waals surface area contributed by atoms with Crippen molar-refractivity contribution < 1.29 is 19.1 Å². The summed E-state index contributed by atoms with van der Waals surface area (Å²) in [4.78, 5) is 24.2. The number of carbonyl (C=O) groups excluding carboxylic acids is 2. The molecule has 2 rings (SSSR count). The summed E-state index contributed by atoms with van der Waals surface area (Å²) in [6, 6.07) is 9.51. The van der Waals surface area contributed by atoms with Gasteiger partial charge in [0.25, 0.3) is 0 Å². The first-order valence-corrected chi connectivity index (χ1v) is 11.0. The average molecular weight is 537 g/mol. The van der Waals surface area contributed by atoms with E-state index in [-0.39, 0.29) is 30.8 Å². The molecule has 0 bridgehead atoms. The highest BCUT2D eigenvalue weighted by Crippen LogP contribution is 2.34. The third-order valence-electron chi connectivity index (χ3n) is 4.25. The SMILES string of the molecule is COc1cc(C=NNC(=O)CCC(=O)Nc2cc(C)ccc2C)cc(I)c1OC(C)C. The molecule has 2 aromatic rings. The molecule has 0 aliphatic carbocycles. The number of aryl methyl sites for hydroxylation is 2. The van der Waals surface area contributed by atoms with Crippen molar-refractivity contribution in [2.75, 3.05) is 12.4 Å². The number of rotatable bonds is 9. The molecule has 166 valence electrons. The first-order valence-electron chi connectivity index (χ1n) is 9.92. The van der Waals surface area contributed by atoms with Crippen LogP contribution in [0.1, 0.15) is 43.4 Å². The number of hydrogen-bond acceptors (Lipinski definition) is 5. The summed E-state index contributed by atoms with van der Waals surface area (Å²) in [5, 5.41) is 6.82. The van der Waals surface area contributed by atoms with Crippen molar-refractivity contribution in [3.63, 3.8) is 0 Å². The zero-order valence-electron chi connectivity index (χ0n) is 18.4. The summed E-state index contributed by atoms with van der Waals surface area (Å²) >= 11 is 2.17. The number of nitrogens with one attached hydrogen (secondary N) is 2. The molecule has 0 fully saturated rings. The Morgan fingerprint density at radius 1 is 1.13 bits per heavy atom. The van der Waals surface area contributed by atoms with Crippen LogP contribution < -0.4 is 20.2 Å². The lowest BCUT2D eigenvalue weighted by atomic mass is 10.1. The number of benzene rings is 2. The van der Waals surface area contributed by atoms with Crippen molar-refractivity contribution in [2.45, 2.75) is 46.6 Å². The van der Waals surface area contributed by atoms with Gasteiger partial charge < -0.3 is 14.8 Å². The van der Waals surface area contributed by atoms with Crippen LogP contribution in [-0.2, 0) is 9.59 Å². The molecular formula is C23H28IN3O4. The fraction of sp³-hybridized carbons (Fsp3) is 0.348. The largest absolute Gasteiger partial charge is 0.493 e. The average Bonchev–Trinajstić information content (AvgIpc) is 2.70. The minimum Gasteiger partial charge on any atom is -0.493 e. The number of halogens is 1. The maximum atomic E-state index is 12.1. The van der Waals surface area contributed by atoms with E-state index in [0.717, 1.165) is 25.9 Å². The van der Waals surface area contributed by atoms with E-state index in [9.17, 15) is 9.59 Å². The number of methoxy groups -OCH3 is 1. The van der Waals surface area contributed by atoms with Crippen molar-refractivity contribution in [3.05, 3.63) is 50.6 Å². The first-order chi connectivity index (χ1) is 14.7. The molecule has 0 heterocycles. The maximum Gasteiger partial charge on any atom is 0.240 e.